The van der Waals surface area contributed by atoms with E-state index in [1.54, 1.807) is 23.9 Å². The average molecular weight is 459 g/mol. The number of piperazine rings is 1. The van der Waals surface area contributed by atoms with Gasteiger partial charge in [-0.3, -0.25) is 4.79 Å². The van der Waals surface area contributed by atoms with Crippen LogP contribution in [0.3, 0.4) is 0 Å². The van der Waals surface area contributed by atoms with Crippen LogP contribution in [-0.4, -0.2) is 58.9 Å². The highest BCUT2D eigenvalue weighted by molar-refractivity contribution is 7.99. The highest BCUT2D eigenvalue weighted by Gasteiger charge is 2.29. The van der Waals surface area contributed by atoms with Crippen LogP contribution in [0.5, 0.6) is 5.75 Å². The maximum absolute atomic E-state index is 13.0. The molecular weight excluding hydrogens is 432 g/mol. The van der Waals surface area contributed by atoms with Crippen LogP contribution in [0.15, 0.2) is 87.6 Å². The molecule has 0 aliphatic carbocycles. The van der Waals surface area contributed by atoms with Gasteiger partial charge in [0, 0.05) is 41.5 Å². The summed E-state index contributed by atoms with van der Waals surface area (Å²) in [6, 6.07) is 22.8. The molecule has 1 saturated heterocycles. The average Bonchev–Trinajstić information content (AvgIpc) is 3.00. The fraction of sp³-hybridized carbons (Fsp3) is 0.231. The van der Waals surface area contributed by atoms with Crippen molar-refractivity contribution in [2.75, 3.05) is 26.2 Å². The molecule has 2 aliphatic rings. The predicted octanol–water partition coefficient (Wildman–Crippen LogP) is 3.65. The third-order valence-corrected chi connectivity index (χ3v) is 7.15. The van der Waals surface area contributed by atoms with Gasteiger partial charge in [0.2, 0.25) is 5.91 Å². The van der Waals surface area contributed by atoms with Crippen LogP contribution in [-0.2, 0) is 11.2 Å². The van der Waals surface area contributed by atoms with Crippen LogP contribution in [0.25, 0.3) is 0 Å². The largest absolute Gasteiger partial charge is 0.508 e. The zero-order chi connectivity index (χ0) is 22.8. The first kappa shape index (κ1) is 21.6. The van der Waals surface area contributed by atoms with Crippen molar-refractivity contribution in [1.82, 2.24) is 9.80 Å². The summed E-state index contributed by atoms with van der Waals surface area (Å²) in [6.45, 7) is 2.60. The van der Waals surface area contributed by atoms with Gasteiger partial charge in [-0.15, -0.1) is 0 Å². The van der Waals surface area contributed by atoms with E-state index >= 15 is 0 Å². The minimum atomic E-state index is -0.536. The molecule has 33 heavy (non-hydrogen) atoms. The van der Waals surface area contributed by atoms with Gasteiger partial charge in [-0.2, -0.15) is 0 Å². The molecule has 0 unspecified atom stereocenters. The Morgan fingerprint density at radius 1 is 0.970 bits per heavy atom. The molecule has 6 nitrogen and oxygen atoms in total. The van der Waals surface area contributed by atoms with Crippen molar-refractivity contribution < 1.29 is 9.90 Å². The molecule has 0 spiro atoms. The Morgan fingerprint density at radius 3 is 2.48 bits per heavy atom. The summed E-state index contributed by atoms with van der Waals surface area (Å²) >= 11 is 1.61. The molecule has 2 heterocycles. The van der Waals surface area contributed by atoms with Crippen LogP contribution in [0, 0.1) is 0 Å². The summed E-state index contributed by atoms with van der Waals surface area (Å²) in [5, 5.41) is 9.94. The summed E-state index contributed by atoms with van der Waals surface area (Å²) in [7, 11) is 0. The smallest absolute Gasteiger partial charge is 0.239 e. The molecular formula is C26H26N4O2S. The Kier molecular flexibility index (Phi) is 6.07. The van der Waals surface area contributed by atoms with E-state index in [1.165, 1.54) is 0 Å². The number of amidine groups is 1. The lowest BCUT2D eigenvalue weighted by atomic mass is 10.1. The number of phenolic OH excluding ortho intramolecular Hbond substituents is 1. The van der Waals surface area contributed by atoms with Gasteiger partial charge in [-0.25, -0.2) is 4.99 Å². The van der Waals surface area contributed by atoms with Crippen LogP contribution in [0.4, 0.5) is 5.69 Å². The van der Waals surface area contributed by atoms with E-state index in [9.17, 15) is 9.90 Å². The number of nitrogens with zero attached hydrogens (tertiary/aromatic N) is 3. The maximum atomic E-state index is 13.0. The number of nitrogens with two attached hydrogens (primary N) is 1. The number of fused-ring (bicyclic) bond motifs is 2. The van der Waals surface area contributed by atoms with Crippen LogP contribution < -0.4 is 5.73 Å². The van der Waals surface area contributed by atoms with Gasteiger partial charge in [-0.05, 0) is 36.2 Å². The molecule has 0 radical (unpaired) electrons. The second-order valence-corrected chi connectivity index (χ2v) is 9.38. The summed E-state index contributed by atoms with van der Waals surface area (Å²) < 4.78 is 0. The maximum Gasteiger partial charge on any atom is 0.239 e. The Labute approximate surface area is 197 Å². The van der Waals surface area contributed by atoms with Gasteiger partial charge in [-0.1, -0.05) is 60.3 Å². The number of aliphatic imine (C=N–C) groups is 1. The van der Waals surface area contributed by atoms with Gasteiger partial charge in [0.25, 0.3) is 0 Å². The molecule has 1 amide bonds. The molecule has 0 saturated carbocycles. The zero-order valence-electron chi connectivity index (χ0n) is 18.2. The molecule has 0 aromatic heterocycles. The van der Waals surface area contributed by atoms with Crippen molar-refractivity contribution in [2.24, 2.45) is 10.7 Å². The minimum absolute atomic E-state index is 0.00177. The lowest BCUT2D eigenvalue weighted by Crippen LogP contribution is -2.54. The first-order valence-corrected chi connectivity index (χ1v) is 11.9. The Hall–Kier alpha value is -3.29. The fourth-order valence-corrected chi connectivity index (χ4v) is 5.33. The summed E-state index contributed by atoms with van der Waals surface area (Å²) in [5.41, 5.74) is 9.24. The van der Waals surface area contributed by atoms with Crippen LogP contribution >= 0.6 is 11.8 Å². The van der Waals surface area contributed by atoms with Crippen molar-refractivity contribution in [3.05, 3.63) is 83.9 Å². The number of hydrogen-bond acceptors (Lipinski definition) is 6. The minimum Gasteiger partial charge on any atom is -0.508 e. The van der Waals surface area contributed by atoms with Gasteiger partial charge in [0.05, 0.1) is 11.7 Å². The first-order valence-electron chi connectivity index (χ1n) is 11.1. The quantitative estimate of drug-likeness (QED) is 0.626. The van der Waals surface area contributed by atoms with E-state index in [-0.39, 0.29) is 11.7 Å². The number of phenols is 1. The molecule has 2 aliphatic heterocycles. The molecule has 1 fully saturated rings. The van der Waals surface area contributed by atoms with Crippen molar-refractivity contribution in [3.8, 4) is 5.75 Å². The molecule has 7 heteroatoms. The van der Waals surface area contributed by atoms with E-state index in [0.29, 0.717) is 32.6 Å². The molecule has 168 valence electrons. The third kappa shape index (κ3) is 4.60. The Bertz CT molecular complexity index is 1190. The molecule has 1 atom stereocenters. The van der Waals surface area contributed by atoms with Crippen molar-refractivity contribution in [3.63, 3.8) is 0 Å². The molecule has 3 aromatic carbocycles. The highest BCUT2D eigenvalue weighted by Crippen LogP contribution is 2.42. The van der Waals surface area contributed by atoms with Crippen LogP contribution in [0.1, 0.15) is 11.1 Å². The summed E-state index contributed by atoms with van der Waals surface area (Å²) in [4.78, 5) is 24.1. The Balaban J connectivity index is 1.33. The first-order chi connectivity index (χ1) is 16.1. The third-order valence-electron chi connectivity index (χ3n) is 6.02. The molecule has 3 N–H and O–H groups in total. The van der Waals surface area contributed by atoms with Crippen molar-refractivity contribution in [2.45, 2.75) is 22.3 Å². The van der Waals surface area contributed by atoms with Gasteiger partial charge >= 0.3 is 0 Å². The highest BCUT2D eigenvalue weighted by atomic mass is 32.2. The van der Waals surface area contributed by atoms with E-state index in [2.05, 4.69) is 17.0 Å². The number of carbonyl (C=O) groups is 1. The van der Waals surface area contributed by atoms with Crippen LogP contribution in [0.2, 0.25) is 0 Å². The fourth-order valence-electron chi connectivity index (χ4n) is 4.28. The normalized spacial score (nSPS) is 16.3. The van der Waals surface area contributed by atoms with E-state index in [0.717, 1.165) is 32.4 Å². The number of aromatic hydroxyl groups is 1. The van der Waals surface area contributed by atoms with E-state index < -0.39 is 6.04 Å². The molecule has 5 rings (SSSR count). The standard InChI is InChI=1S/C26H26N4O2S/c27-21(16-18-6-2-1-3-7-18)26(32)30-14-12-29(13-15-30)25-20-8-4-5-9-23(20)33-24-17-19(31)10-11-22(24)28-25/h1-11,17,21,31H,12-16,27H2/t21-/m1/s1. The summed E-state index contributed by atoms with van der Waals surface area (Å²) in [6.07, 6.45) is 0.542. The zero-order valence-corrected chi connectivity index (χ0v) is 19.0. The molecule has 3 aromatic rings. The second kappa shape index (κ2) is 9.29. The Morgan fingerprint density at radius 2 is 1.70 bits per heavy atom. The van der Waals surface area contributed by atoms with Gasteiger partial charge in [0.1, 0.15) is 11.6 Å². The van der Waals surface area contributed by atoms with Gasteiger partial charge < -0.3 is 20.6 Å². The van der Waals surface area contributed by atoms with Crippen molar-refractivity contribution >= 4 is 29.2 Å². The molecule has 0 bridgehead atoms. The lowest BCUT2D eigenvalue weighted by Gasteiger charge is -2.37. The SMILES string of the molecule is N[C@H](Cc1ccccc1)C(=O)N1CCN(C2=Nc3ccc(O)cc3Sc3ccccc32)CC1. The second-order valence-electron chi connectivity index (χ2n) is 8.29. The number of rotatable bonds is 3. The number of benzene rings is 3. The van der Waals surface area contributed by atoms with E-state index in [4.69, 9.17) is 10.7 Å². The number of hydrogen-bond donors (Lipinski definition) is 2. The summed E-state index contributed by atoms with van der Waals surface area (Å²) in [5.74, 6) is 1.14. The topological polar surface area (TPSA) is 82.2 Å². The monoisotopic (exact) mass is 458 g/mol. The van der Waals surface area contributed by atoms with Crippen molar-refractivity contribution in [1.29, 1.82) is 0 Å². The number of amides is 1. The number of carbonyl (C=O) groups excluding carboxylic acids is 1. The van der Waals surface area contributed by atoms with E-state index in [1.807, 2.05) is 53.4 Å². The lowest BCUT2D eigenvalue weighted by molar-refractivity contribution is -0.133. The predicted molar refractivity (Wildman–Crippen MR) is 131 cm³/mol. The van der Waals surface area contributed by atoms with Gasteiger partial charge in [0.15, 0.2) is 0 Å².